The molecule has 0 bridgehead atoms. The van der Waals surface area contributed by atoms with Crippen molar-refractivity contribution in [1.82, 2.24) is 9.78 Å². The summed E-state index contributed by atoms with van der Waals surface area (Å²) in [5.74, 6) is 1.47. The van der Waals surface area contributed by atoms with E-state index in [-0.39, 0.29) is 0 Å². The van der Waals surface area contributed by atoms with E-state index >= 15 is 0 Å². The van der Waals surface area contributed by atoms with Crippen LogP contribution in [0.25, 0.3) is 0 Å². The van der Waals surface area contributed by atoms with E-state index < -0.39 is 0 Å². The van der Waals surface area contributed by atoms with Crippen molar-refractivity contribution in [1.29, 1.82) is 0 Å². The molecule has 16 heavy (non-hydrogen) atoms. The molecule has 2 N–H and O–H groups in total. The monoisotopic (exact) mass is 239 g/mol. The fraction of sp³-hybridized carbons (Fsp3) is 0.750. The molecular formula is C12H21N3S. The van der Waals surface area contributed by atoms with E-state index in [2.05, 4.69) is 25.1 Å². The molecule has 4 heteroatoms. The molecule has 3 nitrogen and oxygen atoms in total. The summed E-state index contributed by atoms with van der Waals surface area (Å²) >= 11 is 1.90. The van der Waals surface area contributed by atoms with Gasteiger partial charge in [0.2, 0.25) is 0 Å². The first-order chi connectivity index (χ1) is 7.56. The van der Waals surface area contributed by atoms with Crippen LogP contribution in [-0.4, -0.2) is 21.1 Å². The van der Waals surface area contributed by atoms with E-state index in [0.29, 0.717) is 17.2 Å². The summed E-state index contributed by atoms with van der Waals surface area (Å²) in [5, 5.41) is 4.74. The number of hydrogen-bond donors (Lipinski definition) is 1. The maximum Gasteiger partial charge on any atom is 0.0625 e. The maximum absolute atomic E-state index is 6.27. The van der Waals surface area contributed by atoms with Gasteiger partial charge in [0.25, 0.3) is 0 Å². The van der Waals surface area contributed by atoms with Crippen LogP contribution < -0.4 is 5.73 Å². The van der Waals surface area contributed by atoms with Crippen molar-refractivity contribution < 1.29 is 0 Å². The summed E-state index contributed by atoms with van der Waals surface area (Å²) in [4.78, 5) is 1.24. The molecule has 0 amide bonds. The van der Waals surface area contributed by atoms with Gasteiger partial charge in [-0.3, -0.25) is 4.68 Å². The van der Waals surface area contributed by atoms with Gasteiger partial charge in [-0.25, -0.2) is 0 Å². The Labute approximate surface area is 102 Å². The molecule has 1 aliphatic carbocycles. The van der Waals surface area contributed by atoms with Crippen LogP contribution in [0.2, 0.25) is 0 Å². The van der Waals surface area contributed by atoms with Crippen LogP contribution in [0.15, 0.2) is 17.3 Å². The smallest absolute Gasteiger partial charge is 0.0625 e. The lowest BCUT2D eigenvalue weighted by atomic mass is 9.80. The van der Waals surface area contributed by atoms with Crippen LogP contribution in [0.1, 0.15) is 26.7 Å². The Morgan fingerprint density at radius 1 is 1.44 bits per heavy atom. The molecule has 0 aromatic carbocycles. The molecule has 90 valence electrons. The van der Waals surface area contributed by atoms with Gasteiger partial charge in [0, 0.05) is 29.4 Å². The van der Waals surface area contributed by atoms with Crippen LogP contribution in [0.5, 0.6) is 0 Å². The van der Waals surface area contributed by atoms with E-state index in [9.17, 15) is 0 Å². The molecule has 1 aliphatic rings. The molecule has 0 saturated heterocycles. The van der Waals surface area contributed by atoms with Gasteiger partial charge in [-0.2, -0.15) is 5.10 Å². The minimum atomic E-state index is 0.323. The highest BCUT2D eigenvalue weighted by atomic mass is 32.2. The molecule has 4 atom stereocenters. The standard InChI is InChI=1S/C12H21N3S/c1-8-4-9(2)12(11(13)5-8)16-10-6-14-15(3)7-10/h6-9,11-12H,4-5,13H2,1-3H3. The van der Waals surface area contributed by atoms with Gasteiger partial charge in [-0.15, -0.1) is 11.8 Å². The first kappa shape index (κ1) is 12.0. The Kier molecular flexibility index (Phi) is 3.60. The third-order valence-corrected chi connectivity index (χ3v) is 4.95. The van der Waals surface area contributed by atoms with E-state index in [1.165, 1.54) is 11.3 Å². The highest BCUT2D eigenvalue weighted by Gasteiger charge is 2.32. The van der Waals surface area contributed by atoms with Crippen molar-refractivity contribution in [3.63, 3.8) is 0 Å². The van der Waals surface area contributed by atoms with Gasteiger partial charge in [-0.05, 0) is 24.7 Å². The Morgan fingerprint density at radius 2 is 2.19 bits per heavy atom. The third kappa shape index (κ3) is 2.61. The number of aryl methyl sites for hydroxylation is 1. The van der Waals surface area contributed by atoms with Crippen molar-refractivity contribution in [2.45, 2.75) is 42.9 Å². The van der Waals surface area contributed by atoms with Gasteiger partial charge < -0.3 is 5.73 Å². The predicted molar refractivity (Wildman–Crippen MR) is 68.4 cm³/mol. The van der Waals surface area contributed by atoms with Crippen LogP contribution in [-0.2, 0) is 7.05 Å². The maximum atomic E-state index is 6.27. The van der Waals surface area contributed by atoms with Gasteiger partial charge in [0.05, 0.1) is 6.20 Å². The SMILES string of the molecule is CC1CC(C)C(Sc2cnn(C)c2)C(N)C1. The number of rotatable bonds is 2. The molecule has 1 aromatic heterocycles. The fourth-order valence-electron chi connectivity index (χ4n) is 2.71. The molecule has 0 radical (unpaired) electrons. The minimum Gasteiger partial charge on any atom is -0.327 e. The van der Waals surface area contributed by atoms with Crippen molar-refractivity contribution in [3.8, 4) is 0 Å². The van der Waals surface area contributed by atoms with E-state index in [1.54, 1.807) is 0 Å². The normalized spacial score (nSPS) is 35.2. The van der Waals surface area contributed by atoms with E-state index in [1.807, 2.05) is 29.7 Å². The van der Waals surface area contributed by atoms with E-state index in [4.69, 9.17) is 5.73 Å². The third-order valence-electron chi connectivity index (χ3n) is 3.38. The summed E-state index contributed by atoms with van der Waals surface area (Å²) < 4.78 is 1.85. The zero-order chi connectivity index (χ0) is 11.7. The van der Waals surface area contributed by atoms with Crippen LogP contribution in [0.4, 0.5) is 0 Å². The summed E-state index contributed by atoms with van der Waals surface area (Å²) in [6.45, 7) is 4.63. The molecule has 1 fully saturated rings. The highest BCUT2D eigenvalue weighted by Crippen LogP contribution is 2.38. The molecule has 0 aliphatic heterocycles. The molecule has 1 heterocycles. The number of aromatic nitrogens is 2. The Balaban J connectivity index is 2.03. The minimum absolute atomic E-state index is 0.323. The Morgan fingerprint density at radius 3 is 2.75 bits per heavy atom. The Bertz CT molecular complexity index is 338. The largest absolute Gasteiger partial charge is 0.327 e. The topological polar surface area (TPSA) is 43.8 Å². The zero-order valence-electron chi connectivity index (χ0n) is 10.3. The second-order valence-electron chi connectivity index (χ2n) is 5.15. The van der Waals surface area contributed by atoms with Crippen molar-refractivity contribution >= 4 is 11.8 Å². The average molecular weight is 239 g/mol. The van der Waals surface area contributed by atoms with Crippen LogP contribution >= 0.6 is 11.8 Å². The second kappa shape index (κ2) is 4.80. The first-order valence-electron chi connectivity index (χ1n) is 5.97. The summed E-state index contributed by atoms with van der Waals surface area (Å²) in [6, 6.07) is 0.323. The van der Waals surface area contributed by atoms with Gasteiger partial charge >= 0.3 is 0 Å². The van der Waals surface area contributed by atoms with Crippen molar-refractivity contribution in [2.75, 3.05) is 0 Å². The zero-order valence-corrected chi connectivity index (χ0v) is 11.1. The fourth-order valence-corrected chi connectivity index (χ4v) is 3.97. The number of nitrogens with two attached hydrogens (primary N) is 1. The number of hydrogen-bond acceptors (Lipinski definition) is 3. The van der Waals surface area contributed by atoms with Crippen LogP contribution in [0.3, 0.4) is 0 Å². The lowest BCUT2D eigenvalue weighted by molar-refractivity contribution is 0.279. The first-order valence-corrected chi connectivity index (χ1v) is 6.85. The summed E-state index contributed by atoms with van der Waals surface area (Å²) in [7, 11) is 1.95. The summed E-state index contributed by atoms with van der Waals surface area (Å²) in [6.07, 6.45) is 6.46. The lowest BCUT2D eigenvalue weighted by Crippen LogP contribution is -2.42. The van der Waals surface area contributed by atoms with E-state index in [0.717, 1.165) is 12.3 Å². The highest BCUT2D eigenvalue weighted by molar-refractivity contribution is 8.00. The molecule has 0 spiro atoms. The molecule has 4 unspecified atom stereocenters. The predicted octanol–water partition coefficient (Wildman–Crippen LogP) is 2.27. The molecular weight excluding hydrogens is 218 g/mol. The van der Waals surface area contributed by atoms with Gasteiger partial charge in [0.15, 0.2) is 0 Å². The molecule has 1 aromatic rings. The number of nitrogens with zero attached hydrogens (tertiary/aromatic N) is 2. The average Bonchev–Trinajstić information content (AvgIpc) is 2.58. The van der Waals surface area contributed by atoms with Gasteiger partial charge in [0.1, 0.15) is 0 Å². The number of thioether (sulfide) groups is 1. The quantitative estimate of drug-likeness (QED) is 0.861. The van der Waals surface area contributed by atoms with Crippen LogP contribution in [0, 0.1) is 11.8 Å². The summed E-state index contributed by atoms with van der Waals surface area (Å²) in [5.41, 5.74) is 6.27. The van der Waals surface area contributed by atoms with Crippen molar-refractivity contribution in [3.05, 3.63) is 12.4 Å². The van der Waals surface area contributed by atoms with Crippen molar-refractivity contribution in [2.24, 2.45) is 24.6 Å². The lowest BCUT2D eigenvalue weighted by Gasteiger charge is -2.37. The molecule has 1 saturated carbocycles. The second-order valence-corrected chi connectivity index (χ2v) is 6.40. The molecule has 2 rings (SSSR count). The van der Waals surface area contributed by atoms with Gasteiger partial charge in [-0.1, -0.05) is 13.8 Å². The Hall–Kier alpha value is -0.480.